The van der Waals surface area contributed by atoms with Crippen LogP contribution in [-0.2, 0) is 11.2 Å². The van der Waals surface area contributed by atoms with Gasteiger partial charge in [0.15, 0.2) is 0 Å². The molecule has 8 nitrogen and oxygen atoms in total. The van der Waals surface area contributed by atoms with Gasteiger partial charge in [0.1, 0.15) is 0 Å². The molecular formula is C26H31N5O3. The molecule has 0 radical (unpaired) electrons. The van der Waals surface area contributed by atoms with Gasteiger partial charge in [-0.1, -0.05) is 37.5 Å². The number of amides is 1. The van der Waals surface area contributed by atoms with E-state index in [1.807, 2.05) is 36.5 Å². The lowest BCUT2D eigenvalue weighted by molar-refractivity contribution is -0.384. The fraction of sp³-hybridized carbons (Fsp3) is 0.385. The van der Waals surface area contributed by atoms with Crippen LogP contribution in [0, 0.1) is 10.1 Å². The summed E-state index contributed by atoms with van der Waals surface area (Å²) in [5.41, 5.74) is 3.06. The number of carbonyl (C=O) groups excluding carboxylic acids is 1. The molecule has 1 aliphatic carbocycles. The minimum absolute atomic E-state index is 0.00330. The largest absolute Gasteiger partial charge is 0.354 e. The summed E-state index contributed by atoms with van der Waals surface area (Å²) < 4.78 is 1.75. The molecule has 1 saturated carbocycles. The van der Waals surface area contributed by atoms with E-state index >= 15 is 0 Å². The van der Waals surface area contributed by atoms with Gasteiger partial charge in [-0.05, 0) is 51.2 Å². The van der Waals surface area contributed by atoms with Crippen molar-refractivity contribution in [2.24, 2.45) is 0 Å². The monoisotopic (exact) mass is 461 g/mol. The van der Waals surface area contributed by atoms with E-state index in [-0.39, 0.29) is 23.6 Å². The standard InChI is InChI=1S/C26H31N5O3/c1-29(2)26(15-7-4-8-16-26)19-27-24(32)17-21-18-30(22-9-5-3-6-10-22)28-25(21)20-11-13-23(14-12-20)31(33)34/h3,5-6,9-14,18H,4,7-8,15-17,19H2,1-2H3,(H,27,32). The minimum Gasteiger partial charge on any atom is -0.354 e. The maximum atomic E-state index is 13.0. The van der Waals surface area contributed by atoms with Gasteiger partial charge in [0, 0.05) is 41.5 Å². The molecule has 1 aliphatic rings. The molecule has 0 spiro atoms. The van der Waals surface area contributed by atoms with Crippen LogP contribution in [0.2, 0.25) is 0 Å². The second kappa shape index (κ2) is 10.2. The predicted molar refractivity (Wildman–Crippen MR) is 132 cm³/mol. The maximum absolute atomic E-state index is 13.0. The highest BCUT2D eigenvalue weighted by Gasteiger charge is 2.34. The number of nitro groups is 1. The van der Waals surface area contributed by atoms with Gasteiger partial charge in [-0.3, -0.25) is 14.9 Å². The average molecular weight is 462 g/mol. The van der Waals surface area contributed by atoms with Crippen LogP contribution in [0.4, 0.5) is 5.69 Å². The van der Waals surface area contributed by atoms with Crippen molar-refractivity contribution >= 4 is 11.6 Å². The summed E-state index contributed by atoms with van der Waals surface area (Å²) in [6, 6.07) is 16.0. The molecule has 0 saturated heterocycles. The summed E-state index contributed by atoms with van der Waals surface area (Å²) in [7, 11) is 4.18. The number of benzene rings is 2. The lowest BCUT2D eigenvalue weighted by Crippen LogP contribution is -2.54. The molecule has 1 amide bonds. The first-order valence-electron chi connectivity index (χ1n) is 11.7. The van der Waals surface area contributed by atoms with Crippen LogP contribution in [-0.4, -0.2) is 51.7 Å². The molecular weight excluding hydrogens is 430 g/mol. The fourth-order valence-electron chi connectivity index (χ4n) is 4.73. The topological polar surface area (TPSA) is 93.3 Å². The van der Waals surface area contributed by atoms with E-state index in [0.717, 1.165) is 29.7 Å². The molecule has 2 aromatic carbocycles. The van der Waals surface area contributed by atoms with Crippen LogP contribution in [0.3, 0.4) is 0 Å². The van der Waals surface area contributed by atoms with Gasteiger partial charge in [0.2, 0.25) is 5.91 Å². The molecule has 34 heavy (non-hydrogen) atoms. The van der Waals surface area contributed by atoms with Crippen molar-refractivity contribution in [1.82, 2.24) is 20.0 Å². The van der Waals surface area contributed by atoms with E-state index in [0.29, 0.717) is 12.2 Å². The number of carbonyl (C=O) groups is 1. The highest BCUT2D eigenvalue weighted by Crippen LogP contribution is 2.32. The second-order valence-corrected chi connectivity index (χ2v) is 9.22. The highest BCUT2D eigenvalue weighted by atomic mass is 16.6. The number of nitrogens with one attached hydrogen (secondary N) is 1. The van der Waals surface area contributed by atoms with E-state index < -0.39 is 4.92 Å². The van der Waals surface area contributed by atoms with Crippen molar-refractivity contribution in [3.63, 3.8) is 0 Å². The van der Waals surface area contributed by atoms with Crippen molar-refractivity contribution in [2.75, 3.05) is 20.6 Å². The van der Waals surface area contributed by atoms with Gasteiger partial charge in [-0.25, -0.2) is 4.68 Å². The third-order valence-electron chi connectivity index (χ3n) is 6.86. The first-order chi connectivity index (χ1) is 16.4. The molecule has 1 N–H and O–H groups in total. The van der Waals surface area contributed by atoms with Crippen molar-refractivity contribution < 1.29 is 9.72 Å². The minimum atomic E-state index is -0.424. The average Bonchev–Trinajstić information content (AvgIpc) is 3.27. The van der Waals surface area contributed by atoms with Crippen molar-refractivity contribution in [2.45, 2.75) is 44.1 Å². The molecule has 1 fully saturated rings. The lowest BCUT2D eigenvalue weighted by atomic mass is 9.80. The summed E-state index contributed by atoms with van der Waals surface area (Å²) in [5.74, 6) is -0.0532. The first kappa shape index (κ1) is 23.6. The molecule has 0 unspecified atom stereocenters. The normalized spacial score (nSPS) is 15.3. The van der Waals surface area contributed by atoms with E-state index in [1.54, 1.807) is 16.8 Å². The summed E-state index contributed by atoms with van der Waals surface area (Å²) in [4.78, 5) is 25.9. The van der Waals surface area contributed by atoms with Crippen molar-refractivity contribution in [3.8, 4) is 16.9 Å². The zero-order valence-corrected chi connectivity index (χ0v) is 19.7. The van der Waals surface area contributed by atoms with Crippen LogP contribution in [0.1, 0.15) is 37.7 Å². The summed E-state index contributed by atoms with van der Waals surface area (Å²) in [5, 5.41) is 19.0. The quantitative estimate of drug-likeness (QED) is 0.397. The molecule has 1 heterocycles. The predicted octanol–water partition coefficient (Wildman–Crippen LogP) is 4.37. The Morgan fingerprint density at radius 3 is 2.38 bits per heavy atom. The summed E-state index contributed by atoms with van der Waals surface area (Å²) in [6.45, 7) is 0.624. The van der Waals surface area contributed by atoms with Gasteiger partial charge in [-0.15, -0.1) is 0 Å². The maximum Gasteiger partial charge on any atom is 0.269 e. The number of nitro benzene ring substituents is 1. The van der Waals surface area contributed by atoms with Crippen LogP contribution in [0.25, 0.3) is 16.9 Å². The van der Waals surface area contributed by atoms with Gasteiger partial charge >= 0.3 is 0 Å². The Morgan fingerprint density at radius 2 is 1.76 bits per heavy atom. The van der Waals surface area contributed by atoms with Crippen LogP contribution < -0.4 is 5.32 Å². The number of rotatable bonds is 8. The number of aromatic nitrogens is 2. The van der Waals surface area contributed by atoms with Gasteiger partial charge < -0.3 is 10.2 Å². The summed E-state index contributed by atoms with van der Waals surface area (Å²) in [6.07, 6.45) is 7.84. The Morgan fingerprint density at radius 1 is 1.09 bits per heavy atom. The Hall–Kier alpha value is -3.52. The molecule has 0 bridgehead atoms. The zero-order chi connectivity index (χ0) is 24.1. The number of hydrogen-bond acceptors (Lipinski definition) is 5. The molecule has 4 rings (SSSR count). The highest BCUT2D eigenvalue weighted by molar-refractivity contribution is 5.81. The molecule has 0 atom stereocenters. The van der Waals surface area contributed by atoms with E-state index in [1.165, 1.54) is 31.4 Å². The van der Waals surface area contributed by atoms with Crippen molar-refractivity contribution in [3.05, 3.63) is 76.5 Å². The zero-order valence-electron chi connectivity index (χ0n) is 19.7. The SMILES string of the molecule is CN(C)C1(CNC(=O)Cc2cn(-c3ccccc3)nc2-c2ccc([N+](=O)[O-])cc2)CCCCC1. The van der Waals surface area contributed by atoms with E-state index in [4.69, 9.17) is 5.10 Å². The number of nitrogens with zero attached hydrogens (tertiary/aromatic N) is 4. The third kappa shape index (κ3) is 5.17. The van der Waals surface area contributed by atoms with Gasteiger partial charge in [0.25, 0.3) is 5.69 Å². The van der Waals surface area contributed by atoms with Crippen LogP contribution in [0.5, 0.6) is 0 Å². The van der Waals surface area contributed by atoms with Crippen molar-refractivity contribution in [1.29, 1.82) is 0 Å². The summed E-state index contributed by atoms with van der Waals surface area (Å²) >= 11 is 0. The molecule has 0 aliphatic heterocycles. The number of para-hydroxylation sites is 1. The van der Waals surface area contributed by atoms with Gasteiger partial charge in [-0.2, -0.15) is 5.10 Å². The smallest absolute Gasteiger partial charge is 0.269 e. The van der Waals surface area contributed by atoms with E-state index in [9.17, 15) is 14.9 Å². The molecule has 1 aromatic heterocycles. The first-order valence-corrected chi connectivity index (χ1v) is 11.7. The number of non-ortho nitro benzene ring substituents is 1. The number of likely N-dealkylation sites (N-methyl/N-ethyl adjacent to an activating group) is 1. The van der Waals surface area contributed by atoms with Crippen LogP contribution >= 0.6 is 0 Å². The Kier molecular flexibility index (Phi) is 7.07. The Balaban J connectivity index is 1.57. The Labute approximate surface area is 199 Å². The Bertz CT molecular complexity index is 1130. The molecule has 8 heteroatoms. The lowest BCUT2D eigenvalue weighted by Gasteiger charge is -2.43. The fourth-order valence-corrected chi connectivity index (χ4v) is 4.73. The van der Waals surface area contributed by atoms with Crippen LogP contribution in [0.15, 0.2) is 60.8 Å². The van der Waals surface area contributed by atoms with E-state index in [2.05, 4.69) is 24.3 Å². The number of hydrogen-bond donors (Lipinski definition) is 1. The molecule has 3 aromatic rings. The third-order valence-corrected chi connectivity index (χ3v) is 6.86. The second-order valence-electron chi connectivity index (χ2n) is 9.22. The molecule has 178 valence electrons. The van der Waals surface area contributed by atoms with Gasteiger partial charge in [0.05, 0.1) is 22.7 Å².